The lowest BCUT2D eigenvalue weighted by molar-refractivity contribution is 1.25. The second-order valence-electron chi connectivity index (χ2n) is 3.48. The average molecular weight is 215 g/mol. The number of aromatic amines is 1. The van der Waals surface area contributed by atoms with E-state index in [1.54, 1.807) is 11.8 Å². The van der Waals surface area contributed by atoms with Gasteiger partial charge in [-0.05, 0) is 16.7 Å². The maximum absolute atomic E-state index is 11.8. The van der Waals surface area contributed by atoms with Crippen molar-refractivity contribution in [1.82, 2.24) is 4.98 Å². The third-order valence-corrected chi connectivity index (χ3v) is 3.35. The van der Waals surface area contributed by atoms with Crippen molar-refractivity contribution < 1.29 is 0 Å². The van der Waals surface area contributed by atoms with E-state index in [4.69, 9.17) is 0 Å². The van der Waals surface area contributed by atoms with Crippen LogP contribution in [0.4, 0.5) is 0 Å². The van der Waals surface area contributed by atoms with Crippen LogP contribution in [-0.2, 0) is 0 Å². The van der Waals surface area contributed by atoms with E-state index in [0.717, 1.165) is 27.1 Å². The van der Waals surface area contributed by atoms with Gasteiger partial charge in [-0.25, -0.2) is 0 Å². The van der Waals surface area contributed by atoms with Gasteiger partial charge in [0.05, 0.1) is 5.22 Å². The Hall–Kier alpha value is -1.48. The molecule has 0 amide bonds. The molecule has 0 atom stereocenters. The van der Waals surface area contributed by atoms with Crippen LogP contribution in [0.25, 0.3) is 22.4 Å². The van der Waals surface area contributed by atoms with Crippen molar-refractivity contribution >= 4 is 34.1 Å². The van der Waals surface area contributed by atoms with Crippen molar-refractivity contribution in [1.29, 1.82) is 0 Å². The summed E-state index contributed by atoms with van der Waals surface area (Å²) in [4.78, 5) is 14.7. The van der Waals surface area contributed by atoms with Gasteiger partial charge in [0.2, 0.25) is 0 Å². The first-order chi connectivity index (χ1) is 7.36. The standard InChI is InChI=1S/C12H9NOS/c14-12-10-7-15-6-5-8(10)9-3-1-2-4-11(9)13-12/h1-5,7H,6H2,(H,13,14). The highest BCUT2D eigenvalue weighted by Gasteiger charge is 2.02. The number of hydrogen-bond acceptors (Lipinski definition) is 2. The molecule has 1 aliphatic heterocycles. The molecule has 0 radical (unpaired) electrons. The van der Waals surface area contributed by atoms with E-state index in [1.807, 2.05) is 29.7 Å². The number of thioether (sulfide) groups is 1. The summed E-state index contributed by atoms with van der Waals surface area (Å²) in [6, 6.07) is 7.92. The van der Waals surface area contributed by atoms with Crippen LogP contribution >= 0.6 is 11.8 Å². The molecule has 0 aliphatic carbocycles. The van der Waals surface area contributed by atoms with Gasteiger partial charge in [-0.1, -0.05) is 24.3 Å². The van der Waals surface area contributed by atoms with Gasteiger partial charge in [0.15, 0.2) is 0 Å². The minimum Gasteiger partial charge on any atom is -0.321 e. The van der Waals surface area contributed by atoms with Gasteiger partial charge in [-0.15, -0.1) is 11.8 Å². The summed E-state index contributed by atoms with van der Waals surface area (Å²) in [5, 5.41) is 4.95. The van der Waals surface area contributed by atoms with E-state index in [1.165, 1.54) is 0 Å². The zero-order valence-electron chi connectivity index (χ0n) is 7.99. The van der Waals surface area contributed by atoms with E-state index >= 15 is 0 Å². The van der Waals surface area contributed by atoms with Gasteiger partial charge in [0.1, 0.15) is 0 Å². The van der Waals surface area contributed by atoms with Crippen molar-refractivity contribution in [3.63, 3.8) is 0 Å². The summed E-state index contributed by atoms with van der Waals surface area (Å²) in [5.41, 5.74) is 0.921. The van der Waals surface area contributed by atoms with Gasteiger partial charge in [-0.3, -0.25) is 4.79 Å². The van der Waals surface area contributed by atoms with Crippen LogP contribution in [0.5, 0.6) is 0 Å². The molecule has 2 heterocycles. The lowest BCUT2D eigenvalue weighted by atomic mass is 10.1. The molecule has 0 bridgehead atoms. The molecule has 2 nitrogen and oxygen atoms in total. The molecule has 0 saturated carbocycles. The number of rotatable bonds is 0. The van der Waals surface area contributed by atoms with Crippen molar-refractivity contribution in [3.8, 4) is 0 Å². The largest absolute Gasteiger partial charge is 0.321 e. The Morgan fingerprint density at radius 1 is 1.20 bits per heavy atom. The number of para-hydroxylation sites is 1. The minimum atomic E-state index is 0.00662. The number of hydrogen-bond donors (Lipinski definition) is 1. The first kappa shape index (κ1) is 8.80. The zero-order valence-corrected chi connectivity index (χ0v) is 8.80. The molecular weight excluding hydrogens is 206 g/mol. The van der Waals surface area contributed by atoms with E-state index in [0.29, 0.717) is 0 Å². The number of benzene rings is 1. The molecule has 74 valence electrons. The molecule has 1 aromatic carbocycles. The number of nitrogens with one attached hydrogen (secondary N) is 1. The monoisotopic (exact) mass is 215 g/mol. The summed E-state index contributed by atoms with van der Waals surface area (Å²) in [6.07, 6.45) is 2.12. The highest BCUT2D eigenvalue weighted by Crippen LogP contribution is 2.06. The van der Waals surface area contributed by atoms with Gasteiger partial charge in [-0.2, -0.15) is 0 Å². The molecular formula is C12H9NOS. The Labute approximate surface area is 90.3 Å². The first-order valence-electron chi connectivity index (χ1n) is 4.79. The molecule has 3 rings (SSSR count). The van der Waals surface area contributed by atoms with Crippen molar-refractivity contribution in [3.05, 3.63) is 45.1 Å². The van der Waals surface area contributed by atoms with Crippen LogP contribution in [0.15, 0.2) is 29.1 Å². The minimum absolute atomic E-state index is 0.00662. The van der Waals surface area contributed by atoms with E-state index in [2.05, 4.69) is 11.1 Å². The number of H-pyrrole nitrogens is 1. The Kier molecular flexibility index (Phi) is 1.92. The lowest BCUT2D eigenvalue weighted by Gasteiger charge is -2.03. The predicted molar refractivity (Wildman–Crippen MR) is 65.2 cm³/mol. The van der Waals surface area contributed by atoms with Gasteiger partial charge >= 0.3 is 0 Å². The molecule has 0 spiro atoms. The number of fused-ring (bicyclic) bond motifs is 3. The fourth-order valence-corrected chi connectivity index (χ4v) is 2.64. The van der Waals surface area contributed by atoms with Gasteiger partial charge in [0, 0.05) is 16.7 Å². The Balaban J connectivity index is 2.69. The number of pyridine rings is 1. The molecule has 3 heteroatoms. The normalized spacial score (nSPS) is 14.1. The van der Waals surface area contributed by atoms with Crippen LogP contribution in [0.1, 0.15) is 0 Å². The summed E-state index contributed by atoms with van der Waals surface area (Å²) < 4.78 is 0. The van der Waals surface area contributed by atoms with Crippen LogP contribution in [0.3, 0.4) is 0 Å². The van der Waals surface area contributed by atoms with Gasteiger partial charge in [0.25, 0.3) is 5.56 Å². The van der Waals surface area contributed by atoms with Crippen molar-refractivity contribution in [2.75, 3.05) is 5.75 Å². The smallest absolute Gasteiger partial charge is 0.256 e. The predicted octanol–water partition coefficient (Wildman–Crippen LogP) is 0.793. The van der Waals surface area contributed by atoms with E-state index < -0.39 is 0 Å². The summed E-state index contributed by atoms with van der Waals surface area (Å²) in [7, 11) is 0. The Morgan fingerprint density at radius 3 is 3.00 bits per heavy atom. The quantitative estimate of drug-likeness (QED) is 0.705. The van der Waals surface area contributed by atoms with Crippen LogP contribution in [0.2, 0.25) is 0 Å². The molecule has 1 N–H and O–H groups in total. The molecule has 15 heavy (non-hydrogen) atoms. The summed E-state index contributed by atoms with van der Waals surface area (Å²) in [6.45, 7) is 0. The van der Waals surface area contributed by atoms with Crippen LogP contribution in [-0.4, -0.2) is 10.7 Å². The maximum atomic E-state index is 11.8. The molecule has 0 saturated heterocycles. The SMILES string of the molecule is O=c1[nH]c2ccccc2c2c1=CSCC=2. The molecule has 1 aliphatic rings. The highest BCUT2D eigenvalue weighted by molar-refractivity contribution is 8.06. The molecule has 0 unspecified atom stereocenters. The lowest BCUT2D eigenvalue weighted by Crippen LogP contribution is -2.41. The number of aromatic nitrogens is 1. The maximum Gasteiger partial charge on any atom is 0.256 e. The van der Waals surface area contributed by atoms with Crippen molar-refractivity contribution in [2.24, 2.45) is 0 Å². The second kappa shape index (κ2) is 3.28. The van der Waals surface area contributed by atoms with E-state index in [9.17, 15) is 4.79 Å². The van der Waals surface area contributed by atoms with E-state index in [-0.39, 0.29) is 5.56 Å². The zero-order chi connectivity index (χ0) is 10.3. The van der Waals surface area contributed by atoms with Gasteiger partial charge < -0.3 is 4.98 Å². The molecule has 0 fully saturated rings. The Morgan fingerprint density at radius 2 is 2.07 bits per heavy atom. The molecule has 1 aromatic heterocycles. The topological polar surface area (TPSA) is 32.9 Å². The molecule has 2 aromatic rings. The third kappa shape index (κ3) is 1.31. The van der Waals surface area contributed by atoms with Crippen molar-refractivity contribution in [2.45, 2.75) is 0 Å². The fourth-order valence-electron chi connectivity index (χ4n) is 1.88. The van der Waals surface area contributed by atoms with Crippen LogP contribution in [0, 0.1) is 0 Å². The third-order valence-electron chi connectivity index (χ3n) is 2.59. The average Bonchev–Trinajstić information content (AvgIpc) is 2.30. The Bertz CT molecular complexity index is 700. The summed E-state index contributed by atoms with van der Waals surface area (Å²) >= 11 is 1.66. The van der Waals surface area contributed by atoms with Crippen LogP contribution < -0.4 is 16.0 Å². The summed E-state index contributed by atoms with van der Waals surface area (Å²) in [5.74, 6) is 0.945. The first-order valence-corrected chi connectivity index (χ1v) is 5.84. The highest BCUT2D eigenvalue weighted by atomic mass is 32.2. The second-order valence-corrected chi connectivity index (χ2v) is 4.38. The fraction of sp³-hybridized carbons (Fsp3) is 0.0833.